The maximum absolute atomic E-state index is 12.8. The van der Waals surface area contributed by atoms with Crippen molar-refractivity contribution in [2.24, 2.45) is 0 Å². The van der Waals surface area contributed by atoms with Crippen LogP contribution < -0.4 is 18.9 Å². The number of hydrogen-bond donors (Lipinski definition) is 0. The number of rotatable bonds is 6. The van der Waals surface area contributed by atoms with Gasteiger partial charge in [0.25, 0.3) is 0 Å². The van der Waals surface area contributed by atoms with E-state index in [0.717, 1.165) is 16.7 Å². The molecule has 0 fully saturated rings. The van der Waals surface area contributed by atoms with Gasteiger partial charge in [-0.25, -0.2) is 0 Å². The third kappa shape index (κ3) is 3.84. The van der Waals surface area contributed by atoms with E-state index >= 15 is 0 Å². The maximum atomic E-state index is 12.8. The Balaban J connectivity index is 1.86. The van der Waals surface area contributed by atoms with Crippen molar-refractivity contribution >= 4 is 12.0 Å². The average molecular weight is 369 g/mol. The van der Waals surface area contributed by atoms with Crippen LogP contribution in [0.1, 0.15) is 16.7 Å². The van der Waals surface area contributed by atoms with E-state index in [9.17, 15) is 4.79 Å². The number of hydrogen-bond acceptors (Lipinski definition) is 5. The quantitative estimate of drug-likeness (QED) is 0.782. The standard InChI is InChI=1S/C21H23NO5/c1-24-17-6-5-14(9-18(17)25-2)13-22-8-7-15-10-19(26-3)20(27-4)11-16(15)12-21(22)23/h5-11H,12-13H2,1-4H3. The number of benzene rings is 2. The zero-order chi connectivity index (χ0) is 19.4. The van der Waals surface area contributed by atoms with Gasteiger partial charge in [0.05, 0.1) is 41.4 Å². The predicted molar refractivity (Wildman–Crippen MR) is 102 cm³/mol. The molecule has 0 aliphatic carbocycles. The Labute approximate surface area is 158 Å². The van der Waals surface area contributed by atoms with Crippen molar-refractivity contribution in [1.29, 1.82) is 0 Å². The van der Waals surface area contributed by atoms with E-state index in [0.29, 0.717) is 29.5 Å². The van der Waals surface area contributed by atoms with Gasteiger partial charge in [-0.3, -0.25) is 4.79 Å². The van der Waals surface area contributed by atoms with Gasteiger partial charge in [0.15, 0.2) is 23.0 Å². The summed E-state index contributed by atoms with van der Waals surface area (Å²) < 4.78 is 21.3. The van der Waals surface area contributed by atoms with Crippen LogP contribution in [0.3, 0.4) is 0 Å². The Morgan fingerprint density at radius 2 is 1.48 bits per heavy atom. The highest BCUT2D eigenvalue weighted by molar-refractivity contribution is 5.84. The molecule has 0 atom stereocenters. The fourth-order valence-corrected chi connectivity index (χ4v) is 3.08. The zero-order valence-electron chi connectivity index (χ0n) is 15.9. The Kier molecular flexibility index (Phi) is 5.54. The first kappa shape index (κ1) is 18.6. The molecular weight excluding hydrogens is 346 g/mol. The van der Waals surface area contributed by atoms with Crippen LogP contribution in [0.5, 0.6) is 23.0 Å². The first-order chi connectivity index (χ1) is 13.1. The second-order valence-corrected chi connectivity index (χ2v) is 6.11. The molecule has 142 valence electrons. The van der Waals surface area contributed by atoms with Crippen LogP contribution in [-0.4, -0.2) is 39.2 Å². The van der Waals surface area contributed by atoms with Gasteiger partial charge in [-0.2, -0.15) is 0 Å². The van der Waals surface area contributed by atoms with E-state index < -0.39 is 0 Å². The van der Waals surface area contributed by atoms with Crippen molar-refractivity contribution in [2.45, 2.75) is 13.0 Å². The Bertz CT molecular complexity index is 875. The summed E-state index contributed by atoms with van der Waals surface area (Å²) in [6.07, 6.45) is 4.01. The lowest BCUT2D eigenvalue weighted by molar-refractivity contribution is -0.128. The van der Waals surface area contributed by atoms with Gasteiger partial charge in [-0.05, 0) is 47.0 Å². The molecule has 6 nitrogen and oxygen atoms in total. The minimum absolute atomic E-state index is 0.00649. The molecular formula is C21H23NO5. The lowest BCUT2D eigenvalue weighted by atomic mass is 10.0. The van der Waals surface area contributed by atoms with Gasteiger partial charge in [0.2, 0.25) is 5.91 Å². The predicted octanol–water partition coefficient (Wildman–Crippen LogP) is 3.28. The van der Waals surface area contributed by atoms with Crippen LogP contribution in [0.4, 0.5) is 0 Å². The molecule has 0 unspecified atom stereocenters. The van der Waals surface area contributed by atoms with Gasteiger partial charge < -0.3 is 23.8 Å². The molecule has 1 aliphatic rings. The molecule has 0 radical (unpaired) electrons. The number of nitrogens with zero attached hydrogens (tertiary/aromatic N) is 1. The normalized spacial score (nSPS) is 13.0. The summed E-state index contributed by atoms with van der Waals surface area (Å²) in [5, 5.41) is 0. The molecule has 0 saturated heterocycles. The van der Waals surface area contributed by atoms with Crippen molar-refractivity contribution in [3.05, 3.63) is 53.2 Å². The van der Waals surface area contributed by atoms with E-state index in [-0.39, 0.29) is 12.3 Å². The Morgan fingerprint density at radius 1 is 0.852 bits per heavy atom. The van der Waals surface area contributed by atoms with Crippen molar-refractivity contribution in [3.63, 3.8) is 0 Å². The Hall–Kier alpha value is -3.15. The number of carbonyl (C=O) groups is 1. The van der Waals surface area contributed by atoms with Gasteiger partial charge in [0.1, 0.15) is 0 Å². The molecule has 1 heterocycles. The summed E-state index contributed by atoms with van der Waals surface area (Å²) in [6.45, 7) is 0.442. The number of fused-ring (bicyclic) bond motifs is 1. The summed E-state index contributed by atoms with van der Waals surface area (Å²) in [7, 11) is 6.37. The summed E-state index contributed by atoms with van der Waals surface area (Å²) in [5.41, 5.74) is 2.80. The monoisotopic (exact) mass is 369 g/mol. The van der Waals surface area contributed by atoms with Crippen LogP contribution in [0, 0.1) is 0 Å². The van der Waals surface area contributed by atoms with Gasteiger partial charge in [-0.15, -0.1) is 0 Å². The molecule has 27 heavy (non-hydrogen) atoms. The summed E-state index contributed by atoms with van der Waals surface area (Å²) in [6, 6.07) is 9.38. The summed E-state index contributed by atoms with van der Waals surface area (Å²) >= 11 is 0. The zero-order valence-corrected chi connectivity index (χ0v) is 15.9. The number of amides is 1. The minimum Gasteiger partial charge on any atom is -0.493 e. The highest BCUT2D eigenvalue weighted by Gasteiger charge is 2.20. The third-order valence-corrected chi connectivity index (χ3v) is 4.54. The lowest BCUT2D eigenvalue weighted by Gasteiger charge is -2.18. The summed E-state index contributed by atoms with van der Waals surface area (Å²) in [4.78, 5) is 14.5. The second-order valence-electron chi connectivity index (χ2n) is 6.11. The van der Waals surface area contributed by atoms with Crippen LogP contribution in [0.25, 0.3) is 6.08 Å². The first-order valence-corrected chi connectivity index (χ1v) is 8.53. The third-order valence-electron chi connectivity index (χ3n) is 4.54. The second kappa shape index (κ2) is 8.03. The number of methoxy groups -OCH3 is 4. The number of ether oxygens (including phenoxy) is 4. The molecule has 6 heteroatoms. The smallest absolute Gasteiger partial charge is 0.231 e. The molecule has 0 spiro atoms. The maximum Gasteiger partial charge on any atom is 0.231 e. The molecule has 1 amide bonds. The van der Waals surface area contributed by atoms with Crippen LogP contribution >= 0.6 is 0 Å². The van der Waals surface area contributed by atoms with Crippen molar-refractivity contribution in [2.75, 3.05) is 28.4 Å². The molecule has 2 aromatic carbocycles. The number of carbonyl (C=O) groups excluding carboxylic acids is 1. The van der Waals surface area contributed by atoms with Gasteiger partial charge in [-0.1, -0.05) is 6.07 Å². The highest BCUT2D eigenvalue weighted by atomic mass is 16.5. The topological polar surface area (TPSA) is 57.2 Å². The van der Waals surface area contributed by atoms with Gasteiger partial charge >= 0.3 is 0 Å². The van der Waals surface area contributed by atoms with Crippen molar-refractivity contribution < 1.29 is 23.7 Å². The van der Waals surface area contributed by atoms with Crippen LogP contribution in [0.2, 0.25) is 0 Å². The molecule has 0 bridgehead atoms. The molecule has 0 aromatic heterocycles. The van der Waals surface area contributed by atoms with E-state index in [1.54, 1.807) is 39.5 Å². The van der Waals surface area contributed by atoms with E-state index in [2.05, 4.69) is 0 Å². The molecule has 0 saturated carbocycles. The average Bonchev–Trinajstić information content (AvgIpc) is 2.85. The fraction of sp³-hybridized carbons (Fsp3) is 0.286. The fourth-order valence-electron chi connectivity index (χ4n) is 3.08. The van der Waals surface area contributed by atoms with Crippen molar-refractivity contribution in [3.8, 4) is 23.0 Å². The van der Waals surface area contributed by atoms with E-state index in [1.165, 1.54) is 0 Å². The first-order valence-electron chi connectivity index (χ1n) is 8.53. The highest BCUT2D eigenvalue weighted by Crippen LogP contribution is 2.33. The largest absolute Gasteiger partial charge is 0.493 e. The Morgan fingerprint density at radius 3 is 2.15 bits per heavy atom. The van der Waals surface area contributed by atoms with Gasteiger partial charge in [0, 0.05) is 6.20 Å². The van der Waals surface area contributed by atoms with E-state index in [4.69, 9.17) is 18.9 Å². The molecule has 1 aliphatic heterocycles. The molecule has 0 N–H and O–H groups in total. The lowest BCUT2D eigenvalue weighted by Crippen LogP contribution is -2.25. The molecule has 3 rings (SSSR count). The van der Waals surface area contributed by atoms with Crippen LogP contribution in [-0.2, 0) is 17.8 Å². The minimum atomic E-state index is 0.00649. The van der Waals surface area contributed by atoms with Crippen molar-refractivity contribution in [1.82, 2.24) is 4.90 Å². The van der Waals surface area contributed by atoms with E-state index in [1.807, 2.05) is 36.4 Å². The summed E-state index contributed by atoms with van der Waals surface area (Å²) in [5.74, 6) is 2.56. The SMILES string of the molecule is COc1ccc(CN2C=Cc3cc(OC)c(OC)cc3CC2=O)cc1OC. The van der Waals surface area contributed by atoms with Crippen LogP contribution in [0.15, 0.2) is 36.5 Å². The molecule has 2 aromatic rings.